The standard InChI is InChI=1S/C39H50FNO16/c1-35(2)56-32-20-27-26-8-7-24-19-25(42)10-11-36(24,3)38(26,40)30(43)21-37(27,4)39(32,57-35)31(44)22-53-34(46)55-28-9-6-23(18-29(28)49-5)33(45)52-16-14-50-12-13-51-15-17-54-41(47)48/h6,9-11,18-19,26-27,30,32,43,47-48H,7-8,12-17,20-22H2,1-5H3/t26?,27?,30-,32+,36-,37-,38-,39+/m0/s1. The number of aliphatic hydroxyl groups excluding tert-OH is 1. The van der Waals surface area contributed by atoms with Crippen LogP contribution >= 0.6 is 0 Å². The predicted octanol–water partition coefficient (Wildman–Crippen LogP) is 3.85. The Kier molecular flexibility index (Phi) is 12.3. The summed E-state index contributed by atoms with van der Waals surface area (Å²) in [6.45, 7) is 6.46. The molecule has 2 unspecified atom stereocenters. The van der Waals surface area contributed by atoms with Crippen LogP contribution in [0, 0.1) is 22.7 Å². The molecule has 3 saturated carbocycles. The molecule has 1 saturated heterocycles. The number of aliphatic hydroxyl groups is 1. The zero-order valence-corrected chi connectivity index (χ0v) is 32.5. The molecule has 57 heavy (non-hydrogen) atoms. The zero-order chi connectivity index (χ0) is 41.4. The van der Waals surface area contributed by atoms with E-state index in [1.807, 2.05) is 6.92 Å². The van der Waals surface area contributed by atoms with E-state index < -0.39 is 81.8 Å². The van der Waals surface area contributed by atoms with Gasteiger partial charge in [-0.3, -0.25) is 20.0 Å². The van der Waals surface area contributed by atoms with E-state index >= 15 is 4.39 Å². The molecule has 1 aliphatic heterocycles. The van der Waals surface area contributed by atoms with Crippen molar-refractivity contribution in [1.82, 2.24) is 5.39 Å². The van der Waals surface area contributed by atoms with Gasteiger partial charge in [-0.05, 0) is 82.7 Å². The second-order valence-electron chi connectivity index (χ2n) is 15.7. The lowest BCUT2D eigenvalue weighted by atomic mass is 9.44. The number of allylic oxidation sites excluding steroid dienone is 4. The maximum atomic E-state index is 17.7. The van der Waals surface area contributed by atoms with Crippen LogP contribution in [0.2, 0.25) is 0 Å². The van der Waals surface area contributed by atoms with Crippen molar-refractivity contribution in [2.75, 3.05) is 53.4 Å². The lowest BCUT2D eigenvalue weighted by molar-refractivity contribution is -0.493. The summed E-state index contributed by atoms with van der Waals surface area (Å²) in [6, 6.07) is 3.94. The van der Waals surface area contributed by atoms with Gasteiger partial charge in [0.05, 0.1) is 63.3 Å². The Labute approximate surface area is 328 Å². The van der Waals surface area contributed by atoms with Gasteiger partial charge in [0.1, 0.15) is 6.61 Å². The first-order valence-electron chi connectivity index (χ1n) is 18.8. The summed E-state index contributed by atoms with van der Waals surface area (Å²) in [4.78, 5) is 56.6. The van der Waals surface area contributed by atoms with Gasteiger partial charge >= 0.3 is 12.1 Å². The van der Waals surface area contributed by atoms with E-state index in [1.54, 1.807) is 26.8 Å². The number of Topliss-reactive ketones (excluding diaryl/α,β-unsaturated/α-hetero) is 1. The molecule has 8 atom stereocenters. The number of alkyl halides is 1. The van der Waals surface area contributed by atoms with Gasteiger partial charge in [0.2, 0.25) is 5.78 Å². The van der Waals surface area contributed by atoms with Crippen molar-refractivity contribution < 1.29 is 81.8 Å². The van der Waals surface area contributed by atoms with E-state index in [0.29, 0.717) is 18.4 Å². The third kappa shape index (κ3) is 7.74. The highest BCUT2D eigenvalue weighted by atomic mass is 19.1. The molecule has 4 fully saturated rings. The molecule has 1 aromatic carbocycles. The Morgan fingerprint density at radius 2 is 1.67 bits per heavy atom. The molecule has 4 aliphatic carbocycles. The average molecular weight is 808 g/mol. The lowest BCUT2D eigenvalue weighted by Gasteiger charge is -2.62. The summed E-state index contributed by atoms with van der Waals surface area (Å²) in [5.74, 6) is -4.04. The average Bonchev–Trinajstić information content (AvgIpc) is 3.57. The molecule has 0 amide bonds. The maximum Gasteiger partial charge on any atom is 0.514 e. The summed E-state index contributed by atoms with van der Waals surface area (Å²) in [7, 11) is 1.30. The molecular weight excluding hydrogens is 757 g/mol. The van der Waals surface area contributed by atoms with Crippen LogP contribution in [-0.4, -0.2) is 127 Å². The lowest BCUT2D eigenvalue weighted by Crippen LogP contribution is -2.70. The summed E-state index contributed by atoms with van der Waals surface area (Å²) in [6.07, 6.45) is 1.69. The number of methoxy groups -OCH3 is 1. The van der Waals surface area contributed by atoms with Gasteiger partial charge in [-0.25, -0.2) is 18.8 Å². The first-order chi connectivity index (χ1) is 26.9. The SMILES string of the molecule is COc1cc(C(=O)OCCOCCOCCON(O)O)ccc1OC(=O)OCC(=O)[C@@]12OC(C)(C)O[C@@H]1CC1C3CCC4=CC(=O)C=C[C@]4(C)[C@@]3(F)[C@@H](O)C[C@@]12C. The van der Waals surface area contributed by atoms with Crippen molar-refractivity contribution in [2.24, 2.45) is 22.7 Å². The Balaban J connectivity index is 1.07. The number of nitrogens with zero attached hydrogens (tertiary/aromatic N) is 1. The third-order valence-electron chi connectivity index (χ3n) is 12.2. The zero-order valence-electron chi connectivity index (χ0n) is 32.5. The summed E-state index contributed by atoms with van der Waals surface area (Å²) >= 11 is 0. The van der Waals surface area contributed by atoms with E-state index in [4.69, 9.17) is 48.3 Å². The number of carbonyl (C=O) groups excluding carboxylic acids is 4. The number of benzene rings is 1. The molecule has 0 bridgehead atoms. The molecule has 0 aromatic heterocycles. The minimum Gasteiger partial charge on any atom is -0.493 e. The molecule has 3 N–H and O–H groups in total. The summed E-state index contributed by atoms with van der Waals surface area (Å²) in [5.41, 5.74) is -5.45. The van der Waals surface area contributed by atoms with E-state index in [9.17, 15) is 24.3 Å². The smallest absolute Gasteiger partial charge is 0.493 e. The molecule has 6 rings (SSSR count). The van der Waals surface area contributed by atoms with Crippen LogP contribution in [0.4, 0.5) is 9.18 Å². The molecule has 314 valence electrons. The molecule has 0 spiro atoms. The van der Waals surface area contributed by atoms with Crippen LogP contribution in [0.1, 0.15) is 63.7 Å². The van der Waals surface area contributed by atoms with Crippen molar-refractivity contribution in [2.45, 2.75) is 82.6 Å². The van der Waals surface area contributed by atoms with Gasteiger partial charge in [0, 0.05) is 16.7 Å². The van der Waals surface area contributed by atoms with E-state index in [0.717, 1.165) is 0 Å². The van der Waals surface area contributed by atoms with Gasteiger partial charge in [-0.15, -0.1) is 0 Å². The highest BCUT2D eigenvalue weighted by molar-refractivity contribution is 6.01. The number of ketones is 2. The van der Waals surface area contributed by atoms with E-state index in [-0.39, 0.29) is 75.3 Å². The fraction of sp³-hybridized carbons (Fsp3) is 0.641. The first-order valence-corrected chi connectivity index (χ1v) is 18.8. The van der Waals surface area contributed by atoms with Crippen LogP contribution < -0.4 is 9.47 Å². The molecule has 1 heterocycles. The van der Waals surface area contributed by atoms with E-state index in [1.165, 1.54) is 37.5 Å². The number of hydrogen-bond acceptors (Lipinski definition) is 17. The molecule has 18 heteroatoms. The Morgan fingerprint density at radius 1 is 0.965 bits per heavy atom. The molecule has 17 nitrogen and oxygen atoms in total. The Morgan fingerprint density at radius 3 is 2.37 bits per heavy atom. The maximum absolute atomic E-state index is 17.7. The fourth-order valence-electron chi connectivity index (χ4n) is 9.81. The van der Waals surface area contributed by atoms with Crippen LogP contribution in [0.25, 0.3) is 0 Å². The highest BCUT2D eigenvalue weighted by Crippen LogP contribution is 2.72. The number of rotatable bonds is 16. The van der Waals surface area contributed by atoms with Crippen molar-refractivity contribution >= 4 is 23.7 Å². The second-order valence-corrected chi connectivity index (χ2v) is 15.7. The molecule has 1 aromatic rings. The van der Waals surface area contributed by atoms with Crippen molar-refractivity contribution in [3.05, 3.63) is 47.6 Å². The van der Waals surface area contributed by atoms with Crippen LogP contribution in [-0.2, 0) is 42.8 Å². The second kappa shape index (κ2) is 16.4. The highest BCUT2D eigenvalue weighted by Gasteiger charge is 2.80. The first kappa shape index (κ1) is 42.7. The van der Waals surface area contributed by atoms with Gasteiger partial charge < -0.3 is 43.0 Å². The number of carbonyl (C=O) groups is 4. The molecular formula is C39H50FNO16. The number of ether oxygens (including phenoxy) is 8. The third-order valence-corrected chi connectivity index (χ3v) is 12.2. The minimum atomic E-state index is -2.13. The molecule has 5 aliphatic rings. The number of hydrogen-bond donors (Lipinski definition) is 3. The van der Waals surface area contributed by atoms with E-state index in [2.05, 4.69) is 4.84 Å². The number of halogens is 1. The van der Waals surface area contributed by atoms with Gasteiger partial charge in [-0.1, -0.05) is 18.6 Å². The van der Waals surface area contributed by atoms with Gasteiger partial charge in [-0.2, -0.15) is 0 Å². The quantitative estimate of drug-likeness (QED) is 0.0936. The topological polar surface area (TPSA) is 215 Å². The Hall–Kier alpha value is -3.85. The monoisotopic (exact) mass is 807 g/mol. The number of fused-ring (bicyclic) bond motifs is 7. The predicted molar refractivity (Wildman–Crippen MR) is 190 cm³/mol. The van der Waals surface area contributed by atoms with Crippen molar-refractivity contribution in [3.8, 4) is 11.5 Å². The minimum absolute atomic E-state index is 0.00282. The van der Waals surface area contributed by atoms with Crippen LogP contribution in [0.5, 0.6) is 11.5 Å². The molecule has 0 radical (unpaired) electrons. The Bertz CT molecular complexity index is 1780. The van der Waals surface area contributed by atoms with Crippen LogP contribution in [0.3, 0.4) is 0 Å². The number of esters is 1. The van der Waals surface area contributed by atoms with Gasteiger partial charge in [0.15, 0.2) is 40.9 Å². The normalized spacial score (nSPS) is 33.4. The summed E-state index contributed by atoms with van der Waals surface area (Å²) < 4.78 is 62.2. The van der Waals surface area contributed by atoms with Gasteiger partial charge in [0.25, 0.3) is 0 Å². The van der Waals surface area contributed by atoms with Crippen molar-refractivity contribution in [1.29, 1.82) is 0 Å². The van der Waals surface area contributed by atoms with Crippen molar-refractivity contribution in [3.63, 3.8) is 0 Å². The largest absolute Gasteiger partial charge is 0.514 e. The fourth-order valence-corrected chi connectivity index (χ4v) is 9.81. The van der Waals surface area contributed by atoms with Crippen LogP contribution in [0.15, 0.2) is 42.0 Å². The summed E-state index contributed by atoms with van der Waals surface area (Å²) in [5, 5.41) is 28.2.